The van der Waals surface area contributed by atoms with Gasteiger partial charge in [0.1, 0.15) is 0 Å². The van der Waals surface area contributed by atoms with Crippen LogP contribution in [-0.2, 0) is 11.3 Å². The van der Waals surface area contributed by atoms with Crippen LogP contribution in [-0.4, -0.2) is 25.2 Å². The number of benzene rings is 1. The van der Waals surface area contributed by atoms with Crippen LogP contribution in [0.15, 0.2) is 24.3 Å². The summed E-state index contributed by atoms with van der Waals surface area (Å²) in [6.45, 7) is 3.98. The average molecular weight is 248 g/mol. The normalized spacial score (nSPS) is 23.0. The van der Waals surface area contributed by atoms with Gasteiger partial charge in [0.2, 0.25) is 0 Å². The van der Waals surface area contributed by atoms with Crippen molar-refractivity contribution < 1.29 is 9.53 Å². The molecule has 4 nitrogen and oxygen atoms in total. The van der Waals surface area contributed by atoms with Gasteiger partial charge in [-0.2, -0.15) is 0 Å². The van der Waals surface area contributed by atoms with Gasteiger partial charge in [0.05, 0.1) is 6.10 Å². The van der Waals surface area contributed by atoms with Crippen LogP contribution in [0.5, 0.6) is 0 Å². The molecule has 1 aliphatic rings. The van der Waals surface area contributed by atoms with E-state index in [1.54, 1.807) is 0 Å². The van der Waals surface area contributed by atoms with Gasteiger partial charge in [0.25, 0.3) is 5.91 Å². The van der Waals surface area contributed by atoms with Crippen molar-refractivity contribution in [3.63, 3.8) is 0 Å². The maximum Gasteiger partial charge on any atom is 0.251 e. The molecule has 18 heavy (non-hydrogen) atoms. The molecule has 0 spiro atoms. The third-order valence-electron chi connectivity index (χ3n) is 3.48. The summed E-state index contributed by atoms with van der Waals surface area (Å²) in [4.78, 5) is 12.0. The minimum Gasteiger partial charge on any atom is -0.378 e. The summed E-state index contributed by atoms with van der Waals surface area (Å²) < 4.78 is 5.47. The minimum absolute atomic E-state index is 0.0376. The maximum atomic E-state index is 12.0. The zero-order valence-electron chi connectivity index (χ0n) is 10.7. The van der Waals surface area contributed by atoms with Crippen molar-refractivity contribution in [2.45, 2.75) is 26.0 Å². The number of rotatable bonds is 4. The smallest absolute Gasteiger partial charge is 0.251 e. The van der Waals surface area contributed by atoms with Crippen LogP contribution in [0.25, 0.3) is 0 Å². The predicted octanol–water partition coefficient (Wildman–Crippen LogP) is 1.30. The van der Waals surface area contributed by atoms with Crippen molar-refractivity contribution in [3.8, 4) is 0 Å². The molecular formula is C14H20N2O2. The first-order chi connectivity index (χ1) is 8.70. The van der Waals surface area contributed by atoms with Gasteiger partial charge >= 0.3 is 0 Å². The second kappa shape index (κ2) is 5.98. The molecule has 0 aliphatic carbocycles. The fraction of sp³-hybridized carbons (Fsp3) is 0.500. The van der Waals surface area contributed by atoms with Crippen molar-refractivity contribution in [2.24, 2.45) is 11.7 Å². The lowest BCUT2D eigenvalue weighted by Gasteiger charge is -2.14. The molecule has 1 aromatic rings. The van der Waals surface area contributed by atoms with Gasteiger partial charge in [-0.05, 0) is 31.0 Å². The molecule has 1 fully saturated rings. The number of nitrogens with one attached hydrogen (secondary N) is 1. The van der Waals surface area contributed by atoms with Crippen molar-refractivity contribution in [1.82, 2.24) is 5.32 Å². The summed E-state index contributed by atoms with van der Waals surface area (Å²) in [6.07, 6.45) is 1.25. The number of amides is 1. The Morgan fingerprint density at radius 3 is 3.06 bits per heavy atom. The fourth-order valence-electron chi connectivity index (χ4n) is 2.21. The molecule has 2 rings (SSSR count). The standard InChI is InChI=1S/C14H20N2O2/c1-10-13(5-6-18-10)9-16-14(17)12-4-2-3-11(7-12)8-15/h2-4,7,10,13H,5-6,8-9,15H2,1H3,(H,16,17). The Kier molecular flexibility index (Phi) is 4.33. The van der Waals surface area contributed by atoms with E-state index in [0.717, 1.165) is 18.6 Å². The summed E-state index contributed by atoms with van der Waals surface area (Å²) in [7, 11) is 0. The van der Waals surface area contributed by atoms with Crippen LogP contribution < -0.4 is 11.1 Å². The average Bonchev–Trinajstić information content (AvgIpc) is 2.81. The molecule has 98 valence electrons. The highest BCUT2D eigenvalue weighted by molar-refractivity contribution is 5.94. The van der Waals surface area contributed by atoms with Crippen molar-refractivity contribution in [2.75, 3.05) is 13.2 Å². The Morgan fingerprint density at radius 2 is 2.39 bits per heavy atom. The van der Waals surface area contributed by atoms with E-state index in [1.807, 2.05) is 24.3 Å². The van der Waals surface area contributed by atoms with Gasteiger partial charge in [0.15, 0.2) is 0 Å². The lowest BCUT2D eigenvalue weighted by molar-refractivity contribution is 0.0907. The Labute approximate surface area is 108 Å². The summed E-state index contributed by atoms with van der Waals surface area (Å²) in [5.74, 6) is 0.385. The molecule has 1 aliphatic heterocycles. The van der Waals surface area contributed by atoms with Gasteiger partial charge in [0, 0.05) is 31.2 Å². The third-order valence-corrected chi connectivity index (χ3v) is 3.48. The first-order valence-corrected chi connectivity index (χ1v) is 6.39. The lowest BCUT2D eigenvalue weighted by atomic mass is 10.0. The molecule has 2 unspecified atom stereocenters. The molecule has 0 aromatic heterocycles. The lowest BCUT2D eigenvalue weighted by Crippen LogP contribution is -2.32. The van der Waals surface area contributed by atoms with Crippen molar-refractivity contribution in [3.05, 3.63) is 35.4 Å². The molecule has 2 atom stereocenters. The van der Waals surface area contributed by atoms with E-state index in [-0.39, 0.29) is 12.0 Å². The van der Waals surface area contributed by atoms with Crippen molar-refractivity contribution in [1.29, 1.82) is 0 Å². The summed E-state index contributed by atoms with van der Waals surface area (Å²) >= 11 is 0. The molecule has 0 radical (unpaired) electrons. The van der Waals surface area contributed by atoms with Crippen LogP contribution in [0.3, 0.4) is 0 Å². The first kappa shape index (κ1) is 13.1. The van der Waals surface area contributed by atoms with Crippen LogP contribution >= 0.6 is 0 Å². The minimum atomic E-state index is -0.0376. The fourth-order valence-corrected chi connectivity index (χ4v) is 2.21. The number of ether oxygens (including phenoxy) is 1. The molecule has 4 heteroatoms. The van der Waals surface area contributed by atoms with E-state index in [2.05, 4.69) is 12.2 Å². The monoisotopic (exact) mass is 248 g/mol. The molecule has 0 saturated carbocycles. The second-order valence-electron chi connectivity index (χ2n) is 4.74. The highest BCUT2D eigenvalue weighted by Gasteiger charge is 2.24. The summed E-state index contributed by atoms with van der Waals surface area (Å²) in [6, 6.07) is 7.43. The largest absolute Gasteiger partial charge is 0.378 e. The van der Waals surface area contributed by atoms with Crippen LogP contribution in [0, 0.1) is 5.92 Å². The molecular weight excluding hydrogens is 228 g/mol. The Morgan fingerprint density at radius 1 is 1.56 bits per heavy atom. The third kappa shape index (κ3) is 3.09. The van der Waals surface area contributed by atoms with Gasteiger partial charge in [-0.3, -0.25) is 4.79 Å². The molecule has 1 aromatic carbocycles. The van der Waals surface area contributed by atoms with Crippen LogP contribution in [0.4, 0.5) is 0 Å². The Balaban J connectivity index is 1.90. The first-order valence-electron chi connectivity index (χ1n) is 6.39. The maximum absolute atomic E-state index is 12.0. The number of nitrogens with two attached hydrogens (primary N) is 1. The predicted molar refractivity (Wildman–Crippen MR) is 70.2 cm³/mol. The van der Waals surface area contributed by atoms with Gasteiger partial charge < -0.3 is 15.8 Å². The quantitative estimate of drug-likeness (QED) is 0.844. The topological polar surface area (TPSA) is 64.3 Å². The van der Waals surface area contributed by atoms with E-state index in [0.29, 0.717) is 24.6 Å². The highest BCUT2D eigenvalue weighted by atomic mass is 16.5. The van der Waals surface area contributed by atoms with Crippen molar-refractivity contribution >= 4 is 5.91 Å². The number of hydrogen-bond acceptors (Lipinski definition) is 3. The highest BCUT2D eigenvalue weighted by Crippen LogP contribution is 2.19. The van der Waals surface area contributed by atoms with Gasteiger partial charge in [-0.15, -0.1) is 0 Å². The van der Waals surface area contributed by atoms with Crippen LogP contribution in [0.2, 0.25) is 0 Å². The van der Waals surface area contributed by atoms with Gasteiger partial charge in [-0.1, -0.05) is 12.1 Å². The number of carbonyl (C=O) groups excluding carboxylic acids is 1. The molecule has 1 saturated heterocycles. The van der Waals surface area contributed by atoms with E-state index in [1.165, 1.54) is 0 Å². The number of hydrogen-bond donors (Lipinski definition) is 2. The number of carbonyl (C=O) groups is 1. The zero-order valence-corrected chi connectivity index (χ0v) is 10.7. The molecule has 3 N–H and O–H groups in total. The Bertz CT molecular complexity index is 420. The summed E-state index contributed by atoms with van der Waals surface area (Å²) in [5.41, 5.74) is 7.21. The zero-order chi connectivity index (χ0) is 13.0. The SMILES string of the molecule is CC1OCCC1CNC(=O)c1cccc(CN)c1. The Hall–Kier alpha value is -1.39. The second-order valence-corrected chi connectivity index (χ2v) is 4.74. The van der Waals surface area contributed by atoms with Gasteiger partial charge in [-0.25, -0.2) is 0 Å². The van der Waals surface area contributed by atoms with E-state index in [4.69, 9.17) is 10.5 Å². The van der Waals surface area contributed by atoms with Crippen LogP contribution in [0.1, 0.15) is 29.3 Å². The molecule has 0 bridgehead atoms. The molecule has 1 heterocycles. The van der Waals surface area contributed by atoms with E-state index >= 15 is 0 Å². The van der Waals surface area contributed by atoms with E-state index < -0.39 is 0 Å². The molecule has 1 amide bonds. The summed E-state index contributed by atoms with van der Waals surface area (Å²) in [5, 5.41) is 2.96. The van der Waals surface area contributed by atoms with E-state index in [9.17, 15) is 4.79 Å².